The Hall–Kier alpha value is -1.84. The predicted octanol–water partition coefficient (Wildman–Crippen LogP) is 3.76. The van der Waals surface area contributed by atoms with Crippen LogP contribution in [0.25, 0.3) is 0 Å². The number of carbonyl (C=O) groups excluding carboxylic acids is 2. The van der Waals surface area contributed by atoms with Crippen molar-refractivity contribution in [2.75, 3.05) is 6.54 Å². The van der Waals surface area contributed by atoms with E-state index in [0.717, 1.165) is 19.3 Å². The van der Waals surface area contributed by atoms with E-state index >= 15 is 0 Å². The number of likely N-dealkylation sites (tertiary alicyclic amines) is 1. The average molecular weight is 357 g/mol. The quantitative estimate of drug-likeness (QED) is 0.817. The summed E-state index contributed by atoms with van der Waals surface area (Å²) in [4.78, 5) is 27.3. The van der Waals surface area contributed by atoms with E-state index in [2.05, 4.69) is 36.5 Å². The van der Waals surface area contributed by atoms with E-state index in [1.807, 2.05) is 11.8 Å². The summed E-state index contributed by atoms with van der Waals surface area (Å²) in [6.07, 6.45) is 8.95. The van der Waals surface area contributed by atoms with Gasteiger partial charge >= 0.3 is 0 Å². The molecule has 0 bridgehead atoms. The van der Waals surface area contributed by atoms with E-state index in [1.165, 1.54) is 36.8 Å². The third-order valence-corrected chi connectivity index (χ3v) is 6.15. The summed E-state index contributed by atoms with van der Waals surface area (Å²) in [6.45, 7) is 4.62. The van der Waals surface area contributed by atoms with Crippen LogP contribution in [0.15, 0.2) is 24.3 Å². The van der Waals surface area contributed by atoms with E-state index in [4.69, 9.17) is 0 Å². The molecule has 1 aliphatic carbocycles. The lowest BCUT2D eigenvalue weighted by atomic mass is 9.95. The van der Waals surface area contributed by atoms with Gasteiger partial charge in [-0.25, -0.2) is 0 Å². The zero-order valence-electron chi connectivity index (χ0n) is 16.2. The van der Waals surface area contributed by atoms with E-state index in [9.17, 15) is 9.59 Å². The molecule has 1 aromatic carbocycles. The first-order chi connectivity index (χ1) is 12.5. The SMILES string of the molecule is Cc1ccc(CCN2C(=O)CC[C@]2(C)C(=O)NC2CCCCCC2)cc1. The van der Waals surface area contributed by atoms with Gasteiger partial charge in [-0.15, -0.1) is 0 Å². The number of hydrogen-bond acceptors (Lipinski definition) is 2. The topological polar surface area (TPSA) is 49.4 Å². The third kappa shape index (κ3) is 4.28. The first kappa shape index (κ1) is 18.9. The van der Waals surface area contributed by atoms with Crippen molar-refractivity contribution in [2.24, 2.45) is 0 Å². The molecule has 1 heterocycles. The van der Waals surface area contributed by atoms with Gasteiger partial charge in [-0.1, -0.05) is 55.5 Å². The Morgan fingerprint density at radius 3 is 2.46 bits per heavy atom. The molecule has 4 nitrogen and oxygen atoms in total. The maximum Gasteiger partial charge on any atom is 0.245 e. The van der Waals surface area contributed by atoms with Crippen LogP contribution < -0.4 is 5.32 Å². The van der Waals surface area contributed by atoms with Crippen LogP contribution in [0, 0.1) is 6.92 Å². The second kappa shape index (κ2) is 8.24. The molecule has 1 aromatic rings. The fourth-order valence-corrected chi connectivity index (χ4v) is 4.26. The van der Waals surface area contributed by atoms with Gasteiger partial charge in [0.05, 0.1) is 0 Å². The van der Waals surface area contributed by atoms with Crippen LogP contribution in [0.3, 0.4) is 0 Å². The molecular weight excluding hydrogens is 324 g/mol. The molecule has 1 atom stereocenters. The van der Waals surface area contributed by atoms with Crippen molar-refractivity contribution in [3.05, 3.63) is 35.4 Å². The van der Waals surface area contributed by atoms with Gasteiger partial charge in [0, 0.05) is 19.0 Å². The highest BCUT2D eigenvalue weighted by molar-refractivity contribution is 5.94. The summed E-state index contributed by atoms with van der Waals surface area (Å²) in [6, 6.07) is 8.69. The van der Waals surface area contributed by atoms with Gasteiger partial charge in [0.1, 0.15) is 5.54 Å². The van der Waals surface area contributed by atoms with Crippen LogP contribution in [-0.2, 0) is 16.0 Å². The molecule has 142 valence electrons. The smallest absolute Gasteiger partial charge is 0.245 e. The van der Waals surface area contributed by atoms with Crippen molar-refractivity contribution in [3.8, 4) is 0 Å². The minimum absolute atomic E-state index is 0.0409. The molecule has 0 spiro atoms. The number of nitrogens with one attached hydrogen (secondary N) is 1. The predicted molar refractivity (Wildman–Crippen MR) is 104 cm³/mol. The fourth-order valence-electron chi connectivity index (χ4n) is 4.26. The number of benzene rings is 1. The Labute approximate surface area is 157 Å². The summed E-state index contributed by atoms with van der Waals surface area (Å²) in [5.41, 5.74) is 1.74. The highest BCUT2D eigenvalue weighted by Crippen LogP contribution is 2.31. The van der Waals surface area contributed by atoms with Crippen molar-refractivity contribution >= 4 is 11.8 Å². The number of rotatable bonds is 5. The van der Waals surface area contributed by atoms with Crippen LogP contribution in [-0.4, -0.2) is 34.8 Å². The molecule has 1 N–H and O–H groups in total. The summed E-state index contributed by atoms with van der Waals surface area (Å²) in [5.74, 6) is 0.148. The third-order valence-electron chi connectivity index (χ3n) is 6.15. The zero-order chi connectivity index (χ0) is 18.6. The maximum absolute atomic E-state index is 13.1. The summed E-state index contributed by atoms with van der Waals surface area (Å²) < 4.78 is 0. The van der Waals surface area contributed by atoms with Gasteiger partial charge in [-0.05, 0) is 45.1 Å². The van der Waals surface area contributed by atoms with Gasteiger partial charge in [-0.3, -0.25) is 9.59 Å². The number of carbonyl (C=O) groups is 2. The van der Waals surface area contributed by atoms with Crippen molar-refractivity contribution in [1.29, 1.82) is 0 Å². The van der Waals surface area contributed by atoms with Crippen molar-refractivity contribution in [3.63, 3.8) is 0 Å². The molecule has 26 heavy (non-hydrogen) atoms. The molecular formula is C22H32N2O2. The average Bonchev–Trinajstić information content (AvgIpc) is 2.80. The number of nitrogens with zero attached hydrogens (tertiary/aromatic N) is 1. The first-order valence-electron chi connectivity index (χ1n) is 10.2. The van der Waals surface area contributed by atoms with E-state index in [-0.39, 0.29) is 17.9 Å². The standard InChI is InChI=1S/C22H32N2O2/c1-17-9-11-18(12-10-17)14-16-24-20(25)13-15-22(24,2)21(26)23-19-7-5-3-4-6-8-19/h9-12,19H,3-8,13-16H2,1-2H3,(H,23,26)/t22-/m1/s1. The molecule has 2 aliphatic rings. The maximum atomic E-state index is 13.1. The molecule has 2 fully saturated rings. The molecule has 1 aliphatic heterocycles. The van der Waals surface area contributed by atoms with E-state index in [0.29, 0.717) is 19.4 Å². The van der Waals surface area contributed by atoms with Crippen LogP contribution in [0.1, 0.15) is 69.4 Å². The van der Waals surface area contributed by atoms with Gasteiger partial charge in [-0.2, -0.15) is 0 Å². The number of hydrogen-bond donors (Lipinski definition) is 1. The van der Waals surface area contributed by atoms with Crippen molar-refractivity contribution in [2.45, 2.75) is 83.2 Å². The molecule has 0 unspecified atom stereocenters. The summed E-state index contributed by atoms with van der Waals surface area (Å²) in [7, 11) is 0. The second-order valence-corrected chi connectivity index (χ2v) is 8.22. The Bertz CT molecular complexity index is 632. The Balaban J connectivity index is 1.64. The Morgan fingerprint density at radius 1 is 1.15 bits per heavy atom. The second-order valence-electron chi connectivity index (χ2n) is 8.22. The monoisotopic (exact) mass is 356 g/mol. The zero-order valence-corrected chi connectivity index (χ0v) is 16.2. The minimum atomic E-state index is -0.700. The largest absolute Gasteiger partial charge is 0.351 e. The van der Waals surface area contributed by atoms with Gasteiger partial charge in [0.15, 0.2) is 0 Å². The lowest BCUT2D eigenvalue weighted by Crippen LogP contribution is -2.56. The molecule has 1 saturated carbocycles. The van der Waals surface area contributed by atoms with Crippen LogP contribution in [0.4, 0.5) is 0 Å². The first-order valence-corrected chi connectivity index (χ1v) is 10.2. The van der Waals surface area contributed by atoms with Gasteiger partial charge in [0.2, 0.25) is 11.8 Å². The van der Waals surface area contributed by atoms with Crippen LogP contribution >= 0.6 is 0 Å². The lowest BCUT2D eigenvalue weighted by Gasteiger charge is -2.35. The summed E-state index contributed by atoms with van der Waals surface area (Å²) in [5, 5.41) is 3.26. The van der Waals surface area contributed by atoms with Gasteiger partial charge < -0.3 is 10.2 Å². The summed E-state index contributed by atoms with van der Waals surface area (Å²) >= 11 is 0. The van der Waals surface area contributed by atoms with E-state index in [1.54, 1.807) is 0 Å². The minimum Gasteiger partial charge on any atom is -0.351 e. The molecule has 2 amide bonds. The van der Waals surface area contributed by atoms with E-state index < -0.39 is 5.54 Å². The molecule has 3 rings (SSSR count). The molecule has 1 saturated heterocycles. The van der Waals surface area contributed by atoms with Gasteiger partial charge in [0.25, 0.3) is 0 Å². The number of aryl methyl sites for hydroxylation is 1. The lowest BCUT2D eigenvalue weighted by molar-refractivity contribution is -0.141. The van der Waals surface area contributed by atoms with Crippen molar-refractivity contribution in [1.82, 2.24) is 10.2 Å². The normalized spacial score (nSPS) is 24.5. The highest BCUT2D eigenvalue weighted by atomic mass is 16.2. The van der Waals surface area contributed by atoms with Crippen LogP contribution in [0.5, 0.6) is 0 Å². The molecule has 0 radical (unpaired) electrons. The molecule has 0 aromatic heterocycles. The van der Waals surface area contributed by atoms with Crippen LogP contribution in [0.2, 0.25) is 0 Å². The van der Waals surface area contributed by atoms with Crippen molar-refractivity contribution < 1.29 is 9.59 Å². The number of amides is 2. The Kier molecular flexibility index (Phi) is 6.00. The molecule has 4 heteroatoms. The Morgan fingerprint density at radius 2 is 1.81 bits per heavy atom. The fraction of sp³-hybridized carbons (Fsp3) is 0.636. The highest BCUT2D eigenvalue weighted by Gasteiger charge is 2.47.